The van der Waals surface area contributed by atoms with Gasteiger partial charge in [0.25, 0.3) is 0 Å². The van der Waals surface area contributed by atoms with Crippen molar-refractivity contribution in [3.8, 4) is 0 Å². The highest BCUT2D eigenvalue weighted by Crippen LogP contribution is 2.42. The van der Waals surface area contributed by atoms with E-state index in [1.165, 1.54) is 0 Å². The molecule has 0 spiro atoms. The largest absolute Gasteiger partial charge is 0.114 e. The molecule has 0 aromatic carbocycles. The first-order valence-electron chi connectivity index (χ1n) is 4.22. The Morgan fingerprint density at radius 3 is 2.50 bits per heavy atom. The predicted molar refractivity (Wildman–Crippen MR) is 55.7 cm³/mol. The molecule has 68 valence electrons. The van der Waals surface area contributed by atoms with E-state index in [1.54, 1.807) is 0 Å². The average molecular weight is 205 g/mol. The van der Waals surface area contributed by atoms with Crippen LogP contribution in [0.5, 0.6) is 0 Å². The number of allylic oxidation sites excluding steroid dienone is 4. The number of halogens is 2. The van der Waals surface area contributed by atoms with E-state index >= 15 is 0 Å². The molecule has 0 nitrogen and oxygen atoms in total. The Balaban J connectivity index is 2.95. The van der Waals surface area contributed by atoms with E-state index in [9.17, 15) is 0 Å². The van der Waals surface area contributed by atoms with Crippen LogP contribution >= 0.6 is 23.2 Å². The maximum atomic E-state index is 6.44. The molecular formula is C10H14Cl2. The highest BCUT2D eigenvalue weighted by atomic mass is 35.5. The summed E-state index contributed by atoms with van der Waals surface area (Å²) >= 11 is 12.5. The second kappa shape index (κ2) is 3.43. The van der Waals surface area contributed by atoms with Crippen molar-refractivity contribution < 1.29 is 0 Å². The van der Waals surface area contributed by atoms with E-state index < -0.39 is 0 Å². The van der Waals surface area contributed by atoms with Crippen LogP contribution in [0.25, 0.3) is 0 Å². The molecule has 1 aliphatic carbocycles. The number of hydrogen-bond acceptors (Lipinski definition) is 0. The fourth-order valence-electron chi connectivity index (χ4n) is 1.48. The molecule has 0 saturated heterocycles. The number of rotatable bonds is 1. The lowest BCUT2D eigenvalue weighted by Gasteiger charge is -2.35. The van der Waals surface area contributed by atoms with Crippen molar-refractivity contribution in [3.05, 3.63) is 23.3 Å². The van der Waals surface area contributed by atoms with E-state index in [0.717, 1.165) is 5.03 Å². The van der Waals surface area contributed by atoms with Crippen molar-refractivity contribution in [2.45, 2.75) is 25.6 Å². The molecule has 0 amide bonds. The standard InChI is InChI=1S/C10H14Cl2/c1-7(2)10(12)6-4-5-9(11)8(10)3/h4-8H,1-3H3. The molecule has 1 rings (SSSR count). The van der Waals surface area contributed by atoms with Gasteiger partial charge in [0.05, 0.1) is 4.87 Å². The van der Waals surface area contributed by atoms with Gasteiger partial charge < -0.3 is 0 Å². The molecule has 0 radical (unpaired) electrons. The summed E-state index contributed by atoms with van der Waals surface area (Å²) in [4.78, 5) is -0.300. The number of hydrogen-bond donors (Lipinski definition) is 0. The van der Waals surface area contributed by atoms with Crippen molar-refractivity contribution in [1.82, 2.24) is 0 Å². The molecule has 12 heavy (non-hydrogen) atoms. The molecule has 0 heterocycles. The minimum absolute atomic E-state index is 0.214. The van der Waals surface area contributed by atoms with Gasteiger partial charge in [0.15, 0.2) is 0 Å². The maximum Gasteiger partial charge on any atom is 0.0726 e. The summed E-state index contributed by atoms with van der Waals surface area (Å²) in [6.45, 7) is 6.29. The normalized spacial score (nSPS) is 35.5. The number of alkyl halides is 1. The second-order valence-corrected chi connectivity index (χ2v) is 4.71. The first-order valence-corrected chi connectivity index (χ1v) is 4.98. The van der Waals surface area contributed by atoms with Crippen LogP contribution in [0.1, 0.15) is 20.8 Å². The van der Waals surface area contributed by atoms with Crippen LogP contribution in [0, 0.1) is 11.8 Å². The molecule has 0 aromatic rings. The van der Waals surface area contributed by atoms with Gasteiger partial charge in [-0.15, -0.1) is 11.6 Å². The zero-order valence-electron chi connectivity index (χ0n) is 7.64. The zero-order valence-corrected chi connectivity index (χ0v) is 9.15. The molecule has 0 saturated carbocycles. The van der Waals surface area contributed by atoms with Gasteiger partial charge in [0.2, 0.25) is 0 Å². The third-order valence-corrected chi connectivity index (χ3v) is 3.91. The first-order chi connectivity index (χ1) is 5.48. The van der Waals surface area contributed by atoms with Crippen LogP contribution in [0.3, 0.4) is 0 Å². The highest BCUT2D eigenvalue weighted by molar-refractivity contribution is 6.32. The third kappa shape index (κ3) is 1.55. The molecule has 0 bridgehead atoms. The van der Waals surface area contributed by atoms with Gasteiger partial charge in [-0.25, -0.2) is 0 Å². The van der Waals surface area contributed by atoms with E-state index in [2.05, 4.69) is 20.8 Å². The summed E-state index contributed by atoms with van der Waals surface area (Å²) in [6.07, 6.45) is 5.89. The van der Waals surface area contributed by atoms with Crippen molar-refractivity contribution in [2.75, 3.05) is 0 Å². The van der Waals surface area contributed by atoms with Gasteiger partial charge in [-0.05, 0) is 12.0 Å². The van der Waals surface area contributed by atoms with E-state index in [0.29, 0.717) is 5.92 Å². The SMILES string of the molecule is CC(C)C1(Cl)C=CC=C(Cl)C1C. The first kappa shape index (κ1) is 10.1. The molecule has 1 aliphatic rings. The van der Waals surface area contributed by atoms with Gasteiger partial charge in [0, 0.05) is 11.0 Å². The minimum Gasteiger partial charge on any atom is -0.114 e. The highest BCUT2D eigenvalue weighted by Gasteiger charge is 2.37. The topological polar surface area (TPSA) is 0 Å². The van der Waals surface area contributed by atoms with Crippen LogP contribution in [0.15, 0.2) is 23.3 Å². The van der Waals surface area contributed by atoms with Crippen LogP contribution in [0.4, 0.5) is 0 Å². The fourth-order valence-corrected chi connectivity index (χ4v) is 1.98. The Kier molecular flexibility index (Phi) is 2.90. The monoisotopic (exact) mass is 204 g/mol. The Morgan fingerprint density at radius 1 is 1.50 bits per heavy atom. The van der Waals surface area contributed by atoms with E-state index in [1.807, 2.05) is 18.2 Å². The van der Waals surface area contributed by atoms with Crippen molar-refractivity contribution >= 4 is 23.2 Å². The molecule has 2 atom stereocenters. The summed E-state index contributed by atoms with van der Waals surface area (Å²) < 4.78 is 0. The summed E-state index contributed by atoms with van der Waals surface area (Å²) in [5.74, 6) is 0.610. The summed E-state index contributed by atoms with van der Waals surface area (Å²) in [5.41, 5.74) is 0. The molecule has 2 heteroatoms. The van der Waals surface area contributed by atoms with Crippen LogP contribution in [-0.2, 0) is 0 Å². The van der Waals surface area contributed by atoms with Crippen molar-refractivity contribution in [3.63, 3.8) is 0 Å². The summed E-state index contributed by atoms with van der Waals surface area (Å²) in [6, 6.07) is 0. The van der Waals surface area contributed by atoms with Gasteiger partial charge >= 0.3 is 0 Å². The fraction of sp³-hybridized carbons (Fsp3) is 0.600. The third-order valence-electron chi connectivity index (χ3n) is 2.57. The molecule has 2 unspecified atom stereocenters. The minimum atomic E-state index is -0.300. The molecular weight excluding hydrogens is 191 g/mol. The predicted octanol–water partition coefficient (Wildman–Crippen LogP) is 3.95. The smallest absolute Gasteiger partial charge is 0.0726 e. The lowest BCUT2D eigenvalue weighted by Crippen LogP contribution is -2.35. The van der Waals surface area contributed by atoms with Gasteiger partial charge in [-0.1, -0.05) is 44.5 Å². The summed E-state index contributed by atoms with van der Waals surface area (Å²) in [7, 11) is 0. The van der Waals surface area contributed by atoms with E-state index in [4.69, 9.17) is 23.2 Å². The molecule has 0 N–H and O–H groups in total. The van der Waals surface area contributed by atoms with Gasteiger partial charge in [-0.2, -0.15) is 0 Å². The lowest BCUT2D eigenvalue weighted by atomic mass is 9.80. The van der Waals surface area contributed by atoms with E-state index in [-0.39, 0.29) is 10.8 Å². The van der Waals surface area contributed by atoms with Crippen LogP contribution < -0.4 is 0 Å². The lowest BCUT2D eigenvalue weighted by molar-refractivity contribution is 0.411. The molecule has 0 aromatic heterocycles. The average Bonchev–Trinajstić information content (AvgIpc) is 2.00. The Morgan fingerprint density at radius 2 is 2.08 bits per heavy atom. The Labute approximate surface area is 84.2 Å². The Bertz CT molecular complexity index is 228. The Hall–Kier alpha value is 0.0600. The van der Waals surface area contributed by atoms with Crippen LogP contribution in [-0.4, -0.2) is 4.87 Å². The van der Waals surface area contributed by atoms with Crippen LogP contribution in [0.2, 0.25) is 0 Å². The summed E-state index contributed by atoms with van der Waals surface area (Å²) in [5, 5.41) is 0.848. The van der Waals surface area contributed by atoms with Gasteiger partial charge in [-0.3, -0.25) is 0 Å². The van der Waals surface area contributed by atoms with Crippen molar-refractivity contribution in [2.24, 2.45) is 11.8 Å². The quantitative estimate of drug-likeness (QED) is 0.568. The van der Waals surface area contributed by atoms with Crippen molar-refractivity contribution in [1.29, 1.82) is 0 Å². The molecule has 0 aliphatic heterocycles. The maximum absolute atomic E-state index is 6.44. The molecule has 0 fully saturated rings. The second-order valence-electron chi connectivity index (χ2n) is 3.61. The zero-order chi connectivity index (χ0) is 9.35. The van der Waals surface area contributed by atoms with Gasteiger partial charge in [0.1, 0.15) is 0 Å².